The summed E-state index contributed by atoms with van der Waals surface area (Å²) >= 11 is 0. The summed E-state index contributed by atoms with van der Waals surface area (Å²) in [6.45, 7) is 3.77. The van der Waals surface area contributed by atoms with Crippen LogP contribution in [-0.2, 0) is 22.4 Å². The van der Waals surface area contributed by atoms with Crippen LogP contribution in [0.25, 0.3) is 0 Å². The molecule has 9 heteroatoms. The second-order valence-corrected chi connectivity index (χ2v) is 8.89. The molecule has 2 aromatic rings. The topological polar surface area (TPSA) is 133 Å². The number of hydrogen-bond acceptors (Lipinski definition) is 6. The van der Waals surface area contributed by atoms with Gasteiger partial charge >= 0.3 is 6.09 Å². The molecule has 1 aromatic carbocycles. The van der Waals surface area contributed by atoms with E-state index in [-0.39, 0.29) is 41.2 Å². The van der Waals surface area contributed by atoms with Gasteiger partial charge in [0.05, 0.1) is 5.56 Å². The number of phenolic OH excluding ortho intramolecular Hbond substituents is 1. The molecule has 1 saturated carbocycles. The summed E-state index contributed by atoms with van der Waals surface area (Å²) in [5.74, 6) is 0.0699. The van der Waals surface area contributed by atoms with Gasteiger partial charge in [0.1, 0.15) is 11.9 Å². The van der Waals surface area contributed by atoms with E-state index in [4.69, 9.17) is 4.74 Å². The SMILES string of the molecule is CC(C)NC(=O)O[C@@H]1CC[C@H](c2cc(NC(=O)[C@@H]3Cc4ccc(O)c(C=O)c4C3)n[nH]2)C1. The summed E-state index contributed by atoms with van der Waals surface area (Å²) in [4.78, 5) is 35.9. The monoisotopic (exact) mass is 440 g/mol. The highest BCUT2D eigenvalue weighted by atomic mass is 16.6. The van der Waals surface area contributed by atoms with Gasteiger partial charge in [0.25, 0.3) is 0 Å². The molecule has 32 heavy (non-hydrogen) atoms. The largest absolute Gasteiger partial charge is 0.507 e. The number of alkyl carbamates (subject to hydrolysis) is 1. The molecule has 4 rings (SSSR count). The first kappa shape index (κ1) is 21.9. The molecule has 0 saturated heterocycles. The van der Waals surface area contributed by atoms with E-state index in [9.17, 15) is 19.5 Å². The molecule has 1 heterocycles. The fraction of sp³-hybridized carbons (Fsp3) is 0.478. The van der Waals surface area contributed by atoms with Gasteiger partial charge in [-0.25, -0.2) is 4.79 Å². The standard InChI is InChI=1S/C23H28N4O5/c1-12(2)24-23(31)32-16-5-3-14(8-16)19-10-21(27-26-19)25-22(30)15-7-13-4-6-20(29)18(11-28)17(13)9-15/h4,6,10-12,14-16,29H,3,5,7-9H2,1-2H3,(H,24,31)(H2,25,26,27,30)/t14-,15+,16+/m0/s1. The third-order valence-electron chi connectivity index (χ3n) is 6.19. The van der Waals surface area contributed by atoms with Crippen LogP contribution >= 0.6 is 0 Å². The van der Waals surface area contributed by atoms with E-state index in [1.54, 1.807) is 6.07 Å². The van der Waals surface area contributed by atoms with Crippen molar-refractivity contribution in [2.75, 3.05) is 5.32 Å². The maximum atomic E-state index is 12.8. The average molecular weight is 441 g/mol. The molecule has 2 aliphatic rings. The molecule has 1 aromatic heterocycles. The van der Waals surface area contributed by atoms with E-state index >= 15 is 0 Å². The second-order valence-electron chi connectivity index (χ2n) is 8.89. The van der Waals surface area contributed by atoms with E-state index < -0.39 is 6.09 Å². The number of aromatic amines is 1. The third kappa shape index (κ3) is 4.61. The summed E-state index contributed by atoms with van der Waals surface area (Å²) in [6.07, 6.45) is 3.37. The number of hydrogen-bond donors (Lipinski definition) is 4. The van der Waals surface area contributed by atoms with Crippen molar-refractivity contribution in [2.24, 2.45) is 5.92 Å². The highest BCUT2D eigenvalue weighted by Crippen LogP contribution is 2.36. The minimum Gasteiger partial charge on any atom is -0.507 e. The number of carbonyl (C=O) groups is 3. The fourth-order valence-corrected chi connectivity index (χ4v) is 4.62. The number of rotatable bonds is 6. The molecule has 1 fully saturated rings. The highest BCUT2D eigenvalue weighted by Gasteiger charge is 2.32. The van der Waals surface area contributed by atoms with Crippen molar-refractivity contribution in [3.8, 4) is 5.75 Å². The Labute approximate surface area is 185 Å². The maximum Gasteiger partial charge on any atom is 0.407 e. The van der Waals surface area contributed by atoms with Crippen LogP contribution in [0.1, 0.15) is 66.2 Å². The lowest BCUT2D eigenvalue weighted by atomic mass is 10.0. The number of anilines is 1. The lowest BCUT2D eigenvalue weighted by Gasteiger charge is -2.14. The quantitative estimate of drug-likeness (QED) is 0.510. The minimum atomic E-state index is -0.396. The predicted octanol–water partition coefficient (Wildman–Crippen LogP) is 3.05. The van der Waals surface area contributed by atoms with Crippen molar-refractivity contribution >= 4 is 24.1 Å². The second kappa shape index (κ2) is 9.02. The number of aromatic hydroxyl groups is 1. The number of H-pyrrole nitrogens is 1. The normalized spacial score (nSPS) is 21.9. The lowest BCUT2D eigenvalue weighted by molar-refractivity contribution is -0.119. The fourth-order valence-electron chi connectivity index (χ4n) is 4.62. The molecule has 0 radical (unpaired) electrons. The van der Waals surface area contributed by atoms with Gasteiger partial charge in [-0.3, -0.25) is 14.7 Å². The number of fused-ring (bicyclic) bond motifs is 1. The number of aromatic nitrogens is 2. The number of nitrogens with one attached hydrogen (secondary N) is 3. The van der Waals surface area contributed by atoms with E-state index in [2.05, 4.69) is 20.8 Å². The van der Waals surface area contributed by atoms with Gasteiger partial charge in [-0.2, -0.15) is 5.10 Å². The van der Waals surface area contributed by atoms with Crippen LogP contribution in [0.2, 0.25) is 0 Å². The number of nitrogens with zero attached hydrogens (tertiary/aromatic N) is 1. The van der Waals surface area contributed by atoms with Gasteiger partial charge in [0.2, 0.25) is 5.91 Å². The molecule has 2 amide bonds. The minimum absolute atomic E-state index is 0.0295. The van der Waals surface area contributed by atoms with Gasteiger partial charge < -0.3 is 20.5 Å². The van der Waals surface area contributed by atoms with Gasteiger partial charge in [-0.1, -0.05) is 6.07 Å². The molecule has 4 N–H and O–H groups in total. The van der Waals surface area contributed by atoms with E-state index in [0.717, 1.165) is 29.7 Å². The first-order valence-corrected chi connectivity index (χ1v) is 11.0. The molecule has 0 spiro atoms. The summed E-state index contributed by atoms with van der Waals surface area (Å²) in [5, 5.41) is 22.7. The Kier molecular flexibility index (Phi) is 6.16. The zero-order valence-corrected chi connectivity index (χ0v) is 18.2. The third-order valence-corrected chi connectivity index (χ3v) is 6.19. The van der Waals surface area contributed by atoms with Gasteiger partial charge in [-0.05, 0) is 63.1 Å². The predicted molar refractivity (Wildman–Crippen MR) is 117 cm³/mol. The molecule has 2 aliphatic carbocycles. The number of carbonyl (C=O) groups excluding carboxylic acids is 3. The van der Waals surface area contributed by atoms with Crippen LogP contribution in [0.15, 0.2) is 18.2 Å². The Balaban J connectivity index is 1.33. The average Bonchev–Trinajstić information content (AvgIpc) is 3.46. The van der Waals surface area contributed by atoms with Crippen LogP contribution in [0, 0.1) is 5.92 Å². The number of phenols is 1. The first-order chi connectivity index (χ1) is 15.3. The smallest absolute Gasteiger partial charge is 0.407 e. The molecule has 0 aliphatic heterocycles. The van der Waals surface area contributed by atoms with Crippen molar-refractivity contribution in [1.82, 2.24) is 15.5 Å². The molecule has 0 bridgehead atoms. The molecular formula is C23H28N4O5. The van der Waals surface area contributed by atoms with Crippen LogP contribution in [0.3, 0.4) is 0 Å². The van der Waals surface area contributed by atoms with Gasteiger partial charge in [-0.15, -0.1) is 0 Å². The molecule has 3 atom stereocenters. The van der Waals surface area contributed by atoms with E-state index in [1.165, 1.54) is 6.07 Å². The summed E-state index contributed by atoms with van der Waals surface area (Å²) in [5.41, 5.74) is 2.81. The zero-order valence-electron chi connectivity index (χ0n) is 18.2. The van der Waals surface area contributed by atoms with Crippen LogP contribution in [-0.4, -0.2) is 45.7 Å². The van der Waals surface area contributed by atoms with Crippen LogP contribution in [0.4, 0.5) is 10.6 Å². The zero-order chi connectivity index (χ0) is 22.8. The number of amides is 2. The Hall–Kier alpha value is -3.36. The number of ether oxygens (including phenoxy) is 1. The number of aldehydes is 1. The molecular weight excluding hydrogens is 412 g/mol. The number of benzene rings is 1. The van der Waals surface area contributed by atoms with Crippen molar-refractivity contribution < 1.29 is 24.2 Å². The summed E-state index contributed by atoms with van der Waals surface area (Å²) < 4.78 is 5.47. The van der Waals surface area contributed by atoms with Crippen molar-refractivity contribution in [3.05, 3.63) is 40.6 Å². The molecule has 170 valence electrons. The lowest BCUT2D eigenvalue weighted by Crippen LogP contribution is -2.33. The van der Waals surface area contributed by atoms with Gasteiger partial charge in [0, 0.05) is 29.6 Å². The Morgan fingerprint density at radius 1 is 1.28 bits per heavy atom. The van der Waals surface area contributed by atoms with Crippen molar-refractivity contribution in [2.45, 2.75) is 64.0 Å². The van der Waals surface area contributed by atoms with Crippen LogP contribution < -0.4 is 10.6 Å². The Morgan fingerprint density at radius 3 is 2.84 bits per heavy atom. The summed E-state index contributed by atoms with van der Waals surface area (Å²) in [7, 11) is 0. The van der Waals surface area contributed by atoms with E-state index in [1.807, 2.05) is 19.9 Å². The Morgan fingerprint density at radius 2 is 2.09 bits per heavy atom. The van der Waals surface area contributed by atoms with Gasteiger partial charge in [0.15, 0.2) is 12.1 Å². The molecule has 9 nitrogen and oxygen atoms in total. The van der Waals surface area contributed by atoms with Crippen molar-refractivity contribution in [1.29, 1.82) is 0 Å². The van der Waals surface area contributed by atoms with E-state index in [0.29, 0.717) is 31.4 Å². The van der Waals surface area contributed by atoms with Crippen molar-refractivity contribution in [3.63, 3.8) is 0 Å². The Bertz CT molecular complexity index is 1030. The molecule has 0 unspecified atom stereocenters. The van der Waals surface area contributed by atoms with Crippen LogP contribution in [0.5, 0.6) is 5.75 Å². The first-order valence-electron chi connectivity index (χ1n) is 11.0. The summed E-state index contributed by atoms with van der Waals surface area (Å²) in [6, 6.07) is 5.11. The maximum absolute atomic E-state index is 12.8. The highest BCUT2D eigenvalue weighted by molar-refractivity contribution is 5.93.